The first-order valence-electron chi connectivity index (χ1n) is 7.57. The van der Waals surface area contributed by atoms with Crippen molar-refractivity contribution in [3.05, 3.63) is 46.6 Å². The van der Waals surface area contributed by atoms with E-state index < -0.39 is 45.6 Å². The smallest absolute Gasteiger partial charge is 0.416 e. The zero-order valence-electron chi connectivity index (χ0n) is 14.3. The maximum absolute atomic E-state index is 13.1. The quantitative estimate of drug-likeness (QED) is 0.290. The molecule has 1 heterocycles. The van der Waals surface area contributed by atoms with Gasteiger partial charge < -0.3 is 10.1 Å². The third kappa shape index (κ3) is 6.17. The zero-order valence-corrected chi connectivity index (χ0v) is 15.8. The molecule has 0 aliphatic heterocycles. The molecule has 0 bridgehead atoms. The minimum absolute atomic E-state index is 0.0321. The van der Waals surface area contributed by atoms with Crippen molar-refractivity contribution in [3.8, 4) is 5.75 Å². The van der Waals surface area contributed by atoms with Gasteiger partial charge in [0.2, 0.25) is 5.28 Å². The highest BCUT2D eigenvalue weighted by atomic mass is 35.5. The van der Waals surface area contributed by atoms with E-state index in [1.165, 1.54) is 6.20 Å². The monoisotopic (exact) mass is 443 g/mol. The lowest BCUT2D eigenvalue weighted by Crippen LogP contribution is -2.17. The van der Waals surface area contributed by atoms with Crippen LogP contribution in [0.1, 0.15) is 11.1 Å². The Kier molecular flexibility index (Phi) is 7.01. The Morgan fingerprint density at radius 2 is 1.96 bits per heavy atom. The van der Waals surface area contributed by atoms with E-state index in [0.717, 1.165) is 12.1 Å². The summed E-state index contributed by atoms with van der Waals surface area (Å²) < 4.78 is 85.7. The number of ether oxygens (including phenoxy) is 1. The van der Waals surface area contributed by atoms with Gasteiger partial charge in [-0.1, -0.05) is 6.07 Å². The maximum atomic E-state index is 13.1. The summed E-state index contributed by atoms with van der Waals surface area (Å²) in [5.74, 6) is -1.78. The Morgan fingerprint density at radius 3 is 2.61 bits per heavy atom. The number of hydrogen-bond donors (Lipinski definition) is 1. The minimum atomic E-state index is -4.91. The molecule has 0 aliphatic carbocycles. The third-order valence-corrected chi connectivity index (χ3v) is 4.65. The molecule has 0 amide bonds. The third-order valence-electron chi connectivity index (χ3n) is 3.28. The van der Waals surface area contributed by atoms with Gasteiger partial charge in [0.1, 0.15) is 24.8 Å². The van der Waals surface area contributed by atoms with Gasteiger partial charge in [-0.25, -0.2) is 9.37 Å². The summed E-state index contributed by atoms with van der Waals surface area (Å²) >= 11 is 5.62. The summed E-state index contributed by atoms with van der Waals surface area (Å²) in [6.45, 7) is -0.731. The molecule has 0 saturated carbocycles. The molecule has 0 unspecified atom stereocenters. The molecule has 1 aromatic carbocycles. The van der Waals surface area contributed by atoms with Gasteiger partial charge in [0.05, 0.1) is 11.8 Å². The summed E-state index contributed by atoms with van der Waals surface area (Å²) in [6, 6.07) is 1.72. The number of hydrogen-bond acceptors (Lipinski definition) is 7. The Morgan fingerprint density at radius 1 is 1.25 bits per heavy atom. The van der Waals surface area contributed by atoms with E-state index in [1.54, 1.807) is 7.05 Å². The molecule has 0 spiro atoms. The molecule has 0 aliphatic rings. The van der Waals surface area contributed by atoms with Crippen LogP contribution >= 0.6 is 11.6 Å². The largest absolute Gasteiger partial charge is 0.486 e. The number of rotatable bonds is 8. The maximum Gasteiger partial charge on any atom is 0.416 e. The summed E-state index contributed by atoms with van der Waals surface area (Å²) in [4.78, 5) is 7.54. The van der Waals surface area contributed by atoms with Gasteiger partial charge in [-0.05, 0) is 29.3 Å². The molecular weight excluding hydrogens is 430 g/mol. The van der Waals surface area contributed by atoms with Crippen molar-refractivity contribution in [2.24, 2.45) is 0 Å². The van der Waals surface area contributed by atoms with Crippen LogP contribution in [0, 0.1) is 5.82 Å². The molecule has 0 radical (unpaired) electrons. The summed E-state index contributed by atoms with van der Waals surface area (Å²) in [7, 11) is -2.83. The zero-order chi connectivity index (χ0) is 20.9. The first kappa shape index (κ1) is 22.1. The first-order valence-corrected chi connectivity index (χ1v) is 9.53. The van der Waals surface area contributed by atoms with Crippen molar-refractivity contribution in [1.29, 1.82) is 0 Å². The van der Waals surface area contributed by atoms with Crippen molar-refractivity contribution < 1.29 is 34.9 Å². The van der Waals surface area contributed by atoms with E-state index in [-0.39, 0.29) is 29.5 Å². The van der Waals surface area contributed by atoms with Crippen LogP contribution in [-0.4, -0.2) is 38.6 Å². The second kappa shape index (κ2) is 8.88. The predicted molar refractivity (Wildman–Crippen MR) is 92.1 cm³/mol. The van der Waals surface area contributed by atoms with Crippen LogP contribution in [0.2, 0.25) is 5.28 Å². The van der Waals surface area contributed by atoms with Gasteiger partial charge in [-0.3, -0.25) is 4.18 Å². The molecule has 0 fully saturated rings. The molecule has 1 N–H and O–H groups in total. The molecule has 0 atom stereocenters. The lowest BCUT2D eigenvalue weighted by molar-refractivity contribution is -0.138. The van der Waals surface area contributed by atoms with Gasteiger partial charge in [-0.2, -0.15) is 26.6 Å². The predicted octanol–water partition coefficient (Wildman–Crippen LogP) is 3.26. The van der Waals surface area contributed by atoms with Crippen LogP contribution in [-0.2, 0) is 26.2 Å². The molecule has 0 saturated heterocycles. The number of anilines is 1. The molecule has 154 valence electrons. The van der Waals surface area contributed by atoms with Gasteiger partial charge in [-0.15, -0.1) is 0 Å². The van der Waals surface area contributed by atoms with Gasteiger partial charge >= 0.3 is 6.18 Å². The van der Waals surface area contributed by atoms with Gasteiger partial charge in [0.15, 0.2) is 11.6 Å². The van der Waals surface area contributed by atoms with E-state index in [1.807, 2.05) is 0 Å². The number of alkyl halides is 3. The number of aromatic nitrogens is 2. The van der Waals surface area contributed by atoms with Crippen molar-refractivity contribution >= 4 is 27.5 Å². The fraction of sp³-hybridized carbons (Fsp3) is 0.333. The number of halogens is 5. The van der Waals surface area contributed by atoms with Crippen molar-refractivity contribution in [2.45, 2.75) is 11.9 Å². The average Bonchev–Trinajstić information content (AvgIpc) is 2.60. The normalized spacial score (nSPS) is 12.1. The van der Waals surface area contributed by atoms with E-state index in [9.17, 15) is 26.0 Å². The second-order valence-corrected chi connectivity index (χ2v) is 7.25. The summed E-state index contributed by atoms with van der Waals surface area (Å²) in [5.41, 5.74) is -2.01. The molecule has 13 heteroatoms. The van der Waals surface area contributed by atoms with Crippen LogP contribution in [0.4, 0.5) is 23.4 Å². The standard InChI is InChI=1S/C15H14ClF4N3O4S/c1-21-13-12(7-22-14(16)23-13)26-4-5-27-28(24,25)8-9-2-3-10(17)6-11(9)15(18,19)20/h2-3,6-7H,4-5,8H2,1H3,(H,21,22,23). The summed E-state index contributed by atoms with van der Waals surface area (Å²) in [5, 5.41) is 2.66. The molecular formula is C15H14ClF4N3O4S. The molecule has 2 rings (SSSR count). The molecule has 2 aromatic rings. The minimum Gasteiger partial charge on any atom is -0.486 e. The Hall–Kier alpha value is -2.18. The fourth-order valence-corrected chi connectivity index (χ4v) is 3.29. The van der Waals surface area contributed by atoms with Crippen molar-refractivity contribution in [2.75, 3.05) is 25.6 Å². The highest BCUT2D eigenvalue weighted by molar-refractivity contribution is 7.85. The van der Waals surface area contributed by atoms with E-state index >= 15 is 0 Å². The molecule has 28 heavy (non-hydrogen) atoms. The van der Waals surface area contributed by atoms with Crippen LogP contribution in [0.5, 0.6) is 5.75 Å². The van der Waals surface area contributed by atoms with Crippen LogP contribution in [0.3, 0.4) is 0 Å². The highest BCUT2D eigenvalue weighted by Gasteiger charge is 2.35. The summed E-state index contributed by atoms with van der Waals surface area (Å²) in [6.07, 6.45) is -3.65. The molecule has 1 aromatic heterocycles. The lowest BCUT2D eigenvalue weighted by atomic mass is 10.1. The first-order chi connectivity index (χ1) is 13.0. The Labute approximate surface area is 162 Å². The van der Waals surface area contributed by atoms with Crippen LogP contribution in [0.25, 0.3) is 0 Å². The van der Waals surface area contributed by atoms with Gasteiger partial charge in [0, 0.05) is 7.05 Å². The van der Waals surface area contributed by atoms with Crippen LogP contribution < -0.4 is 10.1 Å². The van der Waals surface area contributed by atoms with Crippen molar-refractivity contribution in [1.82, 2.24) is 9.97 Å². The van der Waals surface area contributed by atoms with E-state index in [0.29, 0.717) is 0 Å². The van der Waals surface area contributed by atoms with Gasteiger partial charge in [0.25, 0.3) is 10.1 Å². The Balaban J connectivity index is 1.99. The average molecular weight is 444 g/mol. The van der Waals surface area contributed by atoms with Crippen molar-refractivity contribution in [3.63, 3.8) is 0 Å². The topological polar surface area (TPSA) is 90.4 Å². The second-order valence-electron chi connectivity index (χ2n) is 5.27. The highest BCUT2D eigenvalue weighted by Crippen LogP contribution is 2.33. The van der Waals surface area contributed by atoms with Crippen LogP contribution in [0.15, 0.2) is 24.4 Å². The fourth-order valence-electron chi connectivity index (χ4n) is 2.12. The Bertz CT molecular complexity index is 941. The lowest BCUT2D eigenvalue weighted by Gasteiger charge is -2.13. The molecule has 7 nitrogen and oxygen atoms in total. The number of nitrogens with one attached hydrogen (secondary N) is 1. The van der Waals surface area contributed by atoms with E-state index in [2.05, 4.69) is 19.5 Å². The number of nitrogens with zero attached hydrogens (tertiary/aromatic N) is 2. The van der Waals surface area contributed by atoms with E-state index in [4.69, 9.17) is 16.3 Å². The SMILES string of the molecule is CNc1nc(Cl)ncc1OCCOS(=O)(=O)Cc1ccc(F)cc1C(F)(F)F. The number of benzene rings is 1.